The predicted octanol–water partition coefficient (Wildman–Crippen LogP) is 4.04. The number of Topliss-reactive ketones (excluding diaryl/α,β-unsaturated/α-hetero) is 1. The van der Waals surface area contributed by atoms with Crippen LogP contribution in [0.2, 0.25) is 15.1 Å². The molecule has 1 aromatic carbocycles. The molecule has 0 unspecified atom stereocenters. The van der Waals surface area contributed by atoms with Gasteiger partial charge in [0, 0.05) is 13.5 Å². The highest BCUT2D eigenvalue weighted by Crippen LogP contribution is 2.24. The van der Waals surface area contributed by atoms with Gasteiger partial charge in [0.05, 0.1) is 32.9 Å². The van der Waals surface area contributed by atoms with Crippen molar-refractivity contribution in [2.45, 2.75) is 19.8 Å². The summed E-state index contributed by atoms with van der Waals surface area (Å²) < 4.78 is 1.64. The van der Waals surface area contributed by atoms with E-state index in [-0.39, 0.29) is 18.6 Å². The third-order valence-corrected chi connectivity index (χ3v) is 4.24. The Morgan fingerprint density at radius 1 is 1.20 bits per heavy atom. The fourth-order valence-electron chi connectivity index (χ4n) is 2.00. The molecule has 2 rings (SSSR count). The van der Waals surface area contributed by atoms with Crippen molar-refractivity contribution in [1.82, 2.24) is 9.78 Å². The number of halogens is 3. The number of rotatable bonds is 4. The van der Waals surface area contributed by atoms with Gasteiger partial charge in [-0.2, -0.15) is 5.10 Å². The molecule has 106 valence electrons. The Labute approximate surface area is 132 Å². The molecule has 0 aliphatic carbocycles. The zero-order chi connectivity index (χ0) is 14.9. The Morgan fingerprint density at radius 3 is 2.45 bits per heavy atom. The Hall–Kier alpha value is -1.03. The summed E-state index contributed by atoms with van der Waals surface area (Å²) in [4.78, 5) is 12.1. The highest BCUT2D eigenvalue weighted by atomic mass is 35.5. The highest BCUT2D eigenvalue weighted by Gasteiger charge is 2.15. The van der Waals surface area contributed by atoms with Gasteiger partial charge in [0.15, 0.2) is 0 Å². The minimum atomic E-state index is 0.0493. The molecule has 0 spiro atoms. The molecule has 1 aromatic heterocycles. The molecule has 1 heterocycles. The molecule has 0 bridgehead atoms. The lowest BCUT2D eigenvalue weighted by atomic mass is 10.1. The van der Waals surface area contributed by atoms with Gasteiger partial charge in [-0.1, -0.05) is 40.9 Å². The third kappa shape index (κ3) is 3.35. The summed E-state index contributed by atoms with van der Waals surface area (Å²) in [6.45, 7) is 1.81. The number of carbonyl (C=O) groups excluding carboxylic acids is 1. The van der Waals surface area contributed by atoms with Crippen molar-refractivity contribution in [2.24, 2.45) is 7.05 Å². The topological polar surface area (TPSA) is 34.9 Å². The molecule has 0 aliphatic heterocycles. The van der Waals surface area contributed by atoms with E-state index in [9.17, 15) is 4.79 Å². The molecule has 0 atom stereocenters. The second-order valence-electron chi connectivity index (χ2n) is 4.61. The van der Waals surface area contributed by atoms with E-state index >= 15 is 0 Å². The van der Waals surface area contributed by atoms with E-state index < -0.39 is 0 Å². The van der Waals surface area contributed by atoms with Crippen LogP contribution in [-0.4, -0.2) is 15.6 Å². The van der Waals surface area contributed by atoms with Crippen LogP contribution in [0, 0.1) is 6.92 Å². The van der Waals surface area contributed by atoms with Crippen molar-refractivity contribution < 1.29 is 4.79 Å². The lowest BCUT2D eigenvalue weighted by Gasteiger charge is -2.04. The number of ketones is 1. The SMILES string of the molecule is Cc1nn(C)c(CC(=O)Cc2ccc(Cl)c(Cl)c2)c1Cl. The van der Waals surface area contributed by atoms with Crippen LogP contribution in [0.4, 0.5) is 0 Å². The van der Waals surface area contributed by atoms with Crippen molar-refractivity contribution in [3.8, 4) is 0 Å². The first kappa shape index (κ1) is 15.4. The molecular weight excluding hydrogens is 319 g/mol. The summed E-state index contributed by atoms with van der Waals surface area (Å²) in [5, 5.41) is 5.67. The van der Waals surface area contributed by atoms with Crippen LogP contribution in [0.3, 0.4) is 0 Å². The molecule has 0 fully saturated rings. The quantitative estimate of drug-likeness (QED) is 0.847. The molecular formula is C14H13Cl3N2O. The number of hydrogen-bond acceptors (Lipinski definition) is 2. The van der Waals surface area contributed by atoms with E-state index in [0.29, 0.717) is 15.1 Å². The Morgan fingerprint density at radius 2 is 1.90 bits per heavy atom. The molecule has 2 aromatic rings. The predicted molar refractivity (Wildman–Crippen MR) is 81.8 cm³/mol. The molecule has 0 saturated carbocycles. The highest BCUT2D eigenvalue weighted by molar-refractivity contribution is 6.42. The second-order valence-corrected chi connectivity index (χ2v) is 5.80. The lowest BCUT2D eigenvalue weighted by Crippen LogP contribution is -2.10. The normalized spacial score (nSPS) is 10.8. The summed E-state index contributed by atoms with van der Waals surface area (Å²) in [6, 6.07) is 5.19. The van der Waals surface area contributed by atoms with Crippen LogP contribution in [0.25, 0.3) is 0 Å². The van der Waals surface area contributed by atoms with Crippen LogP contribution >= 0.6 is 34.8 Å². The number of carbonyl (C=O) groups is 1. The molecule has 0 amide bonds. The smallest absolute Gasteiger partial charge is 0.143 e. The fourth-order valence-corrected chi connectivity index (χ4v) is 2.55. The van der Waals surface area contributed by atoms with Gasteiger partial charge >= 0.3 is 0 Å². The maximum absolute atomic E-state index is 12.1. The Kier molecular flexibility index (Phi) is 4.74. The van der Waals surface area contributed by atoms with Gasteiger partial charge in [-0.3, -0.25) is 9.48 Å². The number of aryl methyl sites for hydroxylation is 2. The van der Waals surface area contributed by atoms with Gasteiger partial charge in [0.1, 0.15) is 5.78 Å². The standard InChI is InChI=1S/C14H13Cl3N2O/c1-8-14(17)13(19(2)18-8)7-10(20)5-9-3-4-11(15)12(16)6-9/h3-4,6H,5,7H2,1-2H3. The van der Waals surface area contributed by atoms with E-state index in [4.69, 9.17) is 34.8 Å². The first-order valence-corrected chi connectivity index (χ1v) is 7.15. The van der Waals surface area contributed by atoms with Crippen LogP contribution < -0.4 is 0 Å². The third-order valence-electron chi connectivity index (χ3n) is 3.01. The van der Waals surface area contributed by atoms with E-state index in [2.05, 4.69) is 5.10 Å². The molecule has 0 radical (unpaired) electrons. The van der Waals surface area contributed by atoms with E-state index in [1.54, 1.807) is 29.9 Å². The summed E-state index contributed by atoms with van der Waals surface area (Å²) in [5.74, 6) is 0.0493. The number of nitrogens with zero attached hydrogens (tertiary/aromatic N) is 2. The van der Waals surface area contributed by atoms with Gasteiger partial charge < -0.3 is 0 Å². The van der Waals surface area contributed by atoms with Gasteiger partial charge in [-0.05, 0) is 24.6 Å². The fraction of sp³-hybridized carbons (Fsp3) is 0.286. The maximum Gasteiger partial charge on any atom is 0.143 e. The molecule has 3 nitrogen and oxygen atoms in total. The van der Waals surface area contributed by atoms with Crippen LogP contribution in [-0.2, 0) is 24.7 Å². The Balaban J connectivity index is 2.11. The van der Waals surface area contributed by atoms with E-state index in [1.807, 2.05) is 6.92 Å². The molecule has 0 saturated heterocycles. The summed E-state index contributed by atoms with van der Waals surface area (Å²) in [6.07, 6.45) is 0.536. The van der Waals surface area contributed by atoms with Crippen LogP contribution in [0.5, 0.6) is 0 Å². The average molecular weight is 332 g/mol. The van der Waals surface area contributed by atoms with Crippen molar-refractivity contribution >= 4 is 40.6 Å². The number of hydrogen-bond donors (Lipinski definition) is 0. The van der Waals surface area contributed by atoms with Gasteiger partial charge in [-0.25, -0.2) is 0 Å². The first-order chi connectivity index (χ1) is 9.38. The van der Waals surface area contributed by atoms with E-state index in [1.165, 1.54) is 0 Å². The van der Waals surface area contributed by atoms with Crippen molar-refractivity contribution in [3.05, 3.63) is 50.2 Å². The molecule has 20 heavy (non-hydrogen) atoms. The zero-order valence-electron chi connectivity index (χ0n) is 11.1. The van der Waals surface area contributed by atoms with Gasteiger partial charge in [0.25, 0.3) is 0 Å². The Bertz CT molecular complexity index is 665. The molecule has 0 aliphatic rings. The molecule has 0 N–H and O–H groups in total. The monoisotopic (exact) mass is 330 g/mol. The number of benzene rings is 1. The minimum absolute atomic E-state index is 0.0493. The first-order valence-electron chi connectivity index (χ1n) is 6.02. The maximum atomic E-state index is 12.1. The largest absolute Gasteiger partial charge is 0.299 e. The average Bonchev–Trinajstić information content (AvgIpc) is 2.61. The van der Waals surface area contributed by atoms with Crippen molar-refractivity contribution in [2.75, 3.05) is 0 Å². The van der Waals surface area contributed by atoms with Gasteiger partial charge in [0.2, 0.25) is 0 Å². The second kappa shape index (κ2) is 6.17. The lowest BCUT2D eigenvalue weighted by molar-refractivity contribution is -0.117. The summed E-state index contributed by atoms with van der Waals surface area (Å²) >= 11 is 17.9. The summed E-state index contributed by atoms with van der Waals surface area (Å²) in [7, 11) is 1.78. The molecule has 6 heteroatoms. The van der Waals surface area contributed by atoms with Crippen molar-refractivity contribution in [3.63, 3.8) is 0 Å². The zero-order valence-corrected chi connectivity index (χ0v) is 13.4. The minimum Gasteiger partial charge on any atom is -0.299 e. The van der Waals surface area contributed by atoms with Gasteiger partial charge in [-0.15, -0.1) is 0 Å². The van der Waals surface area contributed by atoms with E-state index in [0.717, 1.165) is 17.0 Å². The van der Waals surface area contributed by atoms with Crippen LogP contribution in [0.15, 0.2) is 18.2 Å². The van der Waals surface area contributed by atoms with Crippen molar-refractivity contribution in [1.29, 1.82) is 0 Å². The number of aromatic nitrogens is 2. The summed E-state index contributed by atoms with van der Waals surface area (Å²) in [5.41, 5.74) is 2.29. The van der Waals surface area contributed by atoms with Crippen LogP contribution in [0.1, 0.15) is 17.0 Å².